The van der Waals surface area contributed by atoms with Gasteiger partial charge in [0, 0.05) is 39.2 Å². The Balaban J connectivity index is 0.00000576. The van der Waals surface area contributed by atoms with E-state index >= 15 is 0 Å². The van der Waals surface area contributed by atoms with Crippen molar-refractivity contribution in [2.45, 2.75) is 46.6 Å². The minimum Gasteiger partial charge on any atom is -0.377 e. The highest BCUT2D eigenvalue weighted by atomic mass is 127. The molecule has 1 aliphatic heterocycles. The van der Waals surface area contributed by atoms with Crippen LogP contribution in [-0.4, -0.2) is 59.5 Å². The lowest BCUT2D eigenvalue weighted by atomic mass is 9.78. The van der Waals surface area contributed by atoms with Gasteiger partial charge in [-0.05, 0) is 25.2 Å². The molecule has 1 saturated heterocycles. The number of aliphatic imine (C=N–C) groups is 1. The highest BCUT2D eigenvalue weighted by molar-refractivity contribution is 14.0. The molecule has 0 aromatic heterocycles. The summed E-state index contributed by atoms with van der Waals surface area (Å²) in [5.41, 5.74) is 0.113. The molecule has 3 N–H and O–H groups in total. The fourth-order valence-electron chi connectivity index (χ4n) is 2.95. The number of sulfonamides is 1. The normalized spacial score (nSPS) is 22.2. The second-order valence-corrected chi connectivity index (χ2v) is 9.33. The van der Waals surface area contributed by atoms with Crippen LogP contribution in [0.1, 0.15) is 40.5 Å². The fourth-order valence-corrected chi connectivity index (χ4v) is 3.56. The maximum absolute atomic E-state index is 11.4. The Morgan fingerprint density at radius 2 is 1.92 bits per heavy atom. The van der Waals surface area contributed by atoms with Gasteiger partial charge in [0.1, 0.15) is 0 Å². The second kappa shape index (κ2) is 11.6. The number of hydrogen-bond acceptors (Lipinski definition) is 4. The number of nitrogens with zero attached hydrogens (tertiary/aromatic N) is 1. The van der Waals surface area contributed by atoms with Crippen LogP contribution in [0.2, 0.25) is 0 Å². The molecule has 0 amide bonds. The SMILES string of the molecule is CCS(=O)(=O)NCCNC(=NC)NCC1CCCOC1C(C)(C)C.I. The molecule has 25 heavy (non-hydrogen) atoms. The number of halogens is 1. The Kier molecular flexibility index (Phi) is 11.5. The topological polar surface area (TPSA) is 91.8 Å². The fraction of sp³-hybridized carbons (Fsp3) is 0.938. The zero-order valence-electron chi connectivity index (χ0n) is 16.1. The lowest BCUT2D eigenvalue weighted by Crippen LogP contribution is -2.48. The summed E-state index contributed by atoms with van der Waals surface area (Å²) in [4.78, 5) is 4.19. The van der Waals surface area contributed by atoms with Crippen molar-refractivity contribution in [3.8, 4) is 0 Å². The molecule has 0 spiro atoms. The predicted molar refractivity (Wildman–Crippen MR) is 114 cm³/mol. The summed E-state index contributed by atoms with van der Waals surface area (Å²) in [5, 5.41) is 6.46. The minimum atomic E-state index is -3.14. The van der Waals surface area contributed by atoms with Gasteiger partial charge in [-0.3, -0.25) is 4.99 Å². The Morgan fingerprint density at radius 1 is 1.24 bits per heavy atom. The van der Waals surface area contributed by atoms with Crippen molar-refractivity contribution in [3.05, 3.63) is 0 Å². The Labute approximate surface area is 170 Å². The van der Waals surface area contributed by atoms with Gasteiger partial charge in [-0.15, -0.1) is 24.0 Å². The van der Waals surface area contributed by atoms with E-state index in [0.717, 1.165) is 26.0 Å². The molecule has 0 aliphatic carbocycles. The van der Waals surface area contributed by atoms with Crippen molar-refractivity contribution in [2.75, 3.05) is 39.0 Å². The quantitative estimate of drug-likeness (QED) is 0.218. The first-order chi connectivity index (χ1) is 11.2. The smallest absolute Gasteiger partial charge is 0.211 e. The molecule has 0 radical (unpaired) electrons. The zero-order chi connectivity index (χ0) is 18.2. The first-order valence-electron chi connectivity index (χ1n) is 8.73. The van der Waals surface area contributed by atoms with Gasteiger partial charge in [0.05, 0.1) is 11.9 Å². The molecule has 0 bridgehead atoms. The third-order valence-electron chi connectivity index (χ3n) is 4.17. The molecular weight excluding hydrogens is 455 g/mol. The lowest BCUT2D eigenvalue weighted by Gasteiger charge is -2.40. The van der Waals surface area contributed by atoms with E-state index in [0.29, 0.717) is 25.0 Å². The van der Waals surface area contributed by atoms with E-state index in [1.165, 1.54) is 0 Å². The maximum Gasteiger partial charge on any atom is 0.211 e. The third-order valence-corrected chi connectivity index (χ3v) is 5.58. The Hall–Kier alpha value is -0.130. The third kappa shape index (κ3) is 9.39. The van der Waals surface area contributed by atoms with Crippen molar-refractivity contribution in [1.82, 2.24) is 15.4 Å². The molecule has 1 rings (SSSR count). The Bertz CT molecular complexity index is 506. The summed E-state index contributed by atoms with van der Waals surface area (Å²) < 4.78 is 31.3. The lowest BCUT2D eigenvalue weighted by molar-refractivity contribution is -0.0835. The molecule has 0 saturated carbocycles. The minimum absolute atomic E-state index is 0. The van der Waals surface area contributed by atoms with E-state index in [2.05, 4.69) is 41.1 Å². The van der Waals surface area contributed by atoms with Crippen LogP contribution in [0.15, 0.2) is 4.99 Å². The van der Waals surface area contributed by atoms with Crippen LogP contribution < -0.4 is 15.4 Å². The van der Waals surface area contributed by atoms with E-state index in [1.54, 1.807) is 14.0 Å². The van der Waals surface area contributed by atoms with Crippen LogP contribution in [0.5, 0.6) is 0 Å². The van der Waals surface area contributed by atoms with E-state index in [1.807, 2.05) is 0 Å². The molecule has 1 aliphatic rings. The number of ether oxygens (including phenoxy) is 1. The first kappa shape index (κ1) is 24.9. The van der Waals surface area contributed by atoms with Crippen LogP contribution >= 0.6 is 24.0 Å². The maximum atomic E-state index is 11.4. The summed E-state index contributed by atoms with van der Waals surface area (Å²) >= 11 is 0. The predicted octanol–water partition coefficient (Wildman–Crippen LogP) is 1.55. The van der Waals surface area contributed by atoms with E-state index in [-0.39, 0.29) is 41.2 Å². The Morgan fingerprint density at radius 3 is 2.48 bits per heavy atom. The van der Waals surface area contributed by atoms with Gasteiger partial charge in [0.25, 0.3) is 0 Å². The first-order valence-corrected chi connectivity index (χ1v) is 10.4. The molecule has 2 unspecified atom stereocenters. The summed E-state index contributed by atoms with van der Waals surface area (Å²) in [6, 6.07) is 0. The van der Waals surface area contributed by atoms with Gasteiger partial charge < -0.3 is 15.4 Å². The highest BCUT2D eigenvalue weighted by Gasteiger charge is 2.35. The summed E-state index contributed by atoms with van der Waals surface area (Å²) in [6.07, 6.45) is 2.46. The van der Waals surface area contributed by atoms with Crippen LogP contribution in [-0.2, 0) is 14.8 Å². The van der Waals surface area contributed by atoms with Crippen molar-refractivity contribution in [3.63, 3.8) is 0 Å². The largest absolute Gasteiger partial charge is 0.377 e. The molecule has 1 fully saturated rings. The van der Waals surface area contributed by atoms with Crippen molar-refractivity contribution in [1.29, 1.82) is 0 Å². The van der Waals surface area contributed by atoms with E-state index in [9.17, 15) is 8.42 Å². The van der Waals surface area contributed by atoms with Gasteiger partial charge >= 0.3 is 0 Å². The van der Waals surface area contributed by atoms with Crippen molar-refractivity contribution >= 4 is 40.0 Å². The summed E-state index contributed by atoms with van der Waals surface area (Å²) in [5.74, 6) is 1.22. The van der Waals surface area contributed by atoms with Crippen LogP contribution in [0.3, 0.4) is 0 Å². The number of rotatable bonds is 7. The van der Waals surface area contributed by atoms with E-state index in [4.69, 9.17) is 4.74 Å². The molecule has 1 heterocycles. The molecule has 150 valence electrons. The van der Waals surface area contributed by atoms with Gasteiger partial charge in [0.15, 0.2) is 5.96 Å². The second-order valence-electron chi connectivity index (χ2n) is 7.24. The number of guanidine groups is 1. The van der Waals surface area contributed by atoms with Gasteiger partial charge in [-0.1, -0.05) is 20.8 Å². The highest BCUT2D eigenvalue weighted by Crippen LogP contribution is 2.33. The van der Waals surface area contributed by atoms with E-state index < -0.39 is 10.0 Å². The molecule has 2 atom stereocenters. The molecular formula is C16H35IN4O3S. The summed E-state index contributed by atoms with van der Waals surface area (Å²) in [6.45, 7) is 10.7. The van der Waals surface area contributed by atoms with Crippen LogP contribution in [0.4, 0.5) is 0 Å². The van der Waals surface area contributed by atoms with Crippen molar-refractivity contribution in [2.24, 2.45) is 16.3 Å². The number of nitrogens with one attached hydrogen (secondary N) is 3. The molecule has 9 heteroatoms. The molecule has 0 aromatic carbocycles. The van der Waals surface area contributed by atoms with Gasteiger partial charge in [0.2, 0.25) is 10.0 Å². The van der Waals surface area contributed by atoms with Gasteiger partial charge in [-0.25, -0.2) is 13.1 Å². The summed E-state index contributed by atoms with van der Waals surface area (Å²) in [7, 11) is -1.43. The molecule has 7 nitrogen and oxygen atoms in total. The monoisotopic (exact) mass is 490 g/mol. The standard InChI is InChI=1S/C16H34N4O3S.HI/c1-6-24(21,22)20-10-9-18-15(17-5)19-12-13-8-7-11-23-14(13)16(2,3)4;/h13-14,20H,6-12H2,1-5H3,(H2,17,18,19);1H. The molecule has 0 aromatic rings. The zero-order valence-corrected chi connectivity index (χ0v) is 19.2. The van der Waals surface area contributed by atoms with Crippen LogP contribution in [0, 0.1) is 11.3 Å². The van der Waals surface area contributed by atoms with Gasteiger partial charge in [-0.2, -0.15) is 0 Å². The average Bonchev–Trinajstić information content (AvgIpc) is 2.53. The van der Waals surface area contributed by atoms with Crippen molar-refractivity contribution < 1.29 is 13.2 Å². The number of hydrogen-bond donors (Lipinski definition) is 3. The van der Waals surface area contributed by atoms with Crippen LogP contribution in [0.25, 0.3) is 0 Å². The average molecular weight is 490 g/mol.